The van der Waals surface area contributed by atoms with E-state index in [1.165, 1.54) is 10.4 Å². The van der Waals surface area contributed by atoms with Crippen LogP contribution in [-0.2, 0) is 26.0 Å². The smallest absolute Gasteiger partial charge is 0.246 e. The zero-order valence-corrected chi connectivity index (χ0v) is 19.6. The fourth-order valence-electron chi connectivity index (χ4n) is 3.49. The molecule has 4 rings (SSSR count). The number of hydrogen-bond donors (Lipinski definition) is 1. The fraction of sp³-hybridized carbons (Fsp3) is 0.348. The van der Waals surface area contributed by atoms with Gasteiger partial charge in [0.2, 0.25) is 27.6 Å². The zero-order valence-electron chi connectivity index (χ0n) is 18.8. The standard InChI is InChI=1S/C23H26N4O6S/c1-2-32-19-9-8-18(16-20(19)34(29,30)27-12-14-31-15-13-27)24-21(28)10-11-22-25-23(26-33-22)17-6-4-3-5-7-17/h3-9,16H,2,10-15H2,1H3,(H,24,28). The molecular formula is C23H26N4O6S. The molecule has 11 heteroatoms. The number of aryl methyl sites for hydroxylation is 1. The topological polar surface area (TPSA) is 124 Å². The number of carbonyl (C=O) groups is 1. The predicted octanol–water partition coefficient (Wildman–Crippen LogP) is 2.73. The predicted molar refractivity (Wildman–Crippen MR) is 124 cm³/mol. The van der Waals surface area contributed by atoms with Crippen LogP contribution in [-0.4, -0.2) is 61.7 Å². The van der Waals surface area contributed by atoms with Crippen molar-refractivity contribution in [2.24, 2.45) is 0 Å². The second-order valence-corrected chi connectivity index (χ2v) is 9.44. The normalized spacial score (nSPS) is 14.6. The van der Waals surface area contributed by atoms with Crippen molar-refractivity contribution in [3.63, 3.8) is 0 Å². The molecule has 34 heavy (non-hydrogen) atoms. The number of hydrogen-bond acceptors (Lipinski definition) is 8. The number of carbonyl (C=O) groups excluding carboxylic acids is 1. The Morgan fingerprint density at radius 2 is 1.91 bits per heavy atom. The maximum absolute atomic E-state index is 13.2. The molecule has 10 nitrogen and oxygen atoms in total. The summed E-state index contributed by atoms with van der Waals surface area (Å²) < 4.78 is 43.8. The Balaban J connectivity index is 1.43. The summed E-state index contributed by atoms with van der Waals surface area (Å²) in [7, 11) is -3.81. The van der Waals surface area contributed by atoms with E-state index in [-0.39, 0.29) is 42.5 Å². The summed E-state index contributed by atoms with van der Waals surface area (Å²) >= 11 is 0. The Labute approximate surface area is 197 Å². The molecule has 2 heterocycles. The van der Waals surface area contributed by atoms with Gasteiger partial charge < -0.3 is 19.3 Å². The van der Waals surface area contributed by atoms with E-state index in [1.807, 2.05) is 30.3 Å². The number of morpholine rings is 1. The van der Waals surface area contributed by atoms with E-state index in [2.05, 4.69) is 15.5 Å². The van der Waals surface area contributed by atoms with Crippen LogP contribution in [0.25, 0.3) is 11.4 Å². The summed E-state index contributed by atoms with van der Waals surface area (Å²) in [6, 6.07) is 14.0. The Hall–Kier alpha value is -3.28. The quantitative estimate of drug-likeness (QED) is 0.490. The minimum Gasteiger partial charge on any atom is -0.492 e. The molecule has 0 atom stereocenters. The molecule has 1 fully saturated rings. The largest absolute Gasteiger partial charge is 0.492 e. The number of benzene rings is 2. The van der Waals surface area contributed by atoms with E-state index in [9.17, 15) is 13.2 Å². The summed E-state index contributed by atoms with van der Waals surface area (Å²) in [6.07, 6.45) is 0.344. The highest BCUT2D eigenvalue weighted by atomic mass is 32.2. The molecule has 1 aliphatic heterocycles. The number of anilines is 1. The van der Waals surface area contributed by atoms with Gasteiger partial charge in [-0.05, 0) is 25.1 Å². The maximum atomic E-state index is 13.2. The molecule has 2 aromatic carbocycles. The number of nitrogens with zero attached hydrogens (tertiary/aromatic N) is 3. The van der Waals surface area contributed by atoms with Crippen molar-refractivity contribution in [2.75, 3.05) is 38.2 Å². The van der Waals surface area contributed by atoms with Crippen molar-refractivity contribution in [3.8, 4) is 17.1 Å². The van der Waals surface area contributed by atoms with Crippen LogP contribution in [0.1, 0.15) is 19.2 Å². The van der Waals surface area contributed by atoms with Crippen LogP contribution in [0.5, 0.6) is 5.75 Å². The summed E-state index contributed by atoms with van der Waals surface area (Å²) in [5.74, 6) is 0.737. The van der Waals surface area contributed by atoms with E-state index in [0.29, 0.717) is 37.2 Å². The Morgan fingerprint density at radius 3 is 2.65 bits per heavy atom. The van der Waals surface area contributed by atoms with E-state index in [1.54, 1.807) is 19.1 Å². The third-order valence-electron chi connectivity index (χ3n) is 5.18. The summed E-state index contributed by atoms with van der Waals surface area (Å²) in [4.78, 5) is 16.9. The minimum absolute atomic E-state index is 0.0125. The molecule has 0 aliphatic carbocycles. The van der Waals surface area contributed by atoms with Crippen LogP contribution >= 0.6 is 0 Å². The highest BCUT2D eigenvalue weighted by Gasteiger charge is 2.29. The first-order chi connectivity index (χ1) is 16.5. The first kappa shape index (κ1) is 23.9. The highest BCUT2D eigenvalue weighted by Crippen LogP contribution is 2.30. The molecular weight excluding hydrogens is 460 g/mol. The number of sulfonamides is 1. The number of ether oxygens (including phenoxy) is 2. The first-order valence-electron chi connectivity index (χ1n) is 11.0. The van der Waals surface area contributed by atoms with Gasteiger partial charge in [0.15, 0.2) is 0 Å². The van der Waals surface area contributed by atoms with Gasteiger partial charge in [-0.25, -0.2) is 8.42 Å². The molecule has 0 unspecified atom stereocenters. The molecule has 0 bridgehead atoms. The average Bonchev–Trinajstić information content (AvgIpc) is 3.34. The first-order valence-corrected chi connectivity index (χ1v) is 12.4. The second-order valence-electron chi connectivity index (χ2n) is 7.54. The molecule has 180 valence electrons. The number of amides is 1. The third kappa shape index (κ3) is 5.61. The Kier molecular flexibility index (Phi) is 7.56. The average molecular weight is 487 g/mol. The van der Waals surface area contributed by atoms with Crippen molar-refractivity contribution < 1.29 is 27.2 Å². The van der Waals surface area contributed by atoms with Crippen molar-refractivity contribution >= 4 is 21.6 Å². The molecule has 1 saturated heterocycles. The SMILES string of the molecule is CCOc1ccc(NC(=O)CCc2nc(-c3ccccc3)no2)cc1S(=O)(=O)N1CCOCC1. The van der Waals surface area contributed by atoms with Gasteiger partial charge in [0.25, 0.3) is 0 Å². The van der Waals surface area contributed by atoms with Crippen LogP contribution in [0.15, 0.2) is 57.9 Å². The molecule has 1 amide bonds. The van der Waals surface area contributed by atoms with Crippen LogP contribution < -0.4 is 10.1 Å². The second kappa shape index (κ2) is 10.8. The van der Waals surface area contributed by atoms with Gasteiger partial charge in [0.05, 0.1) is 19.8 Å². The van der Waals surface area contributed by atoms with Crippen molar-refractivity contribution in [1.82, 2.24) is 14.4 Å². The Bertz CT molecular complexity index is 1220. The highest BCUT2D eigenvalue weighted by molar-refractivity contribution is 7.89. The van der Waals surface area contributed by atoms with Gasteiger partial charge in [0.1, 0.15) is 10.6 Å². The van der Waals surface area contributed by atoms with Gasteiger partial charge in [-0.2, -0.15) is 9.29 Å². The van der Waals surface area contributed by atoms with E-state index >= 15 is 0 Å². The van der Waals surface area contributed by atoms with Gasteiger partial charge in [-0.1, -0.05) is 35.5 Å². The fourth-order valence-corrected chi connectivity index (χ4v) is 5.06. The molecule has 0 radical (unpaired) electrons. The summed E-state index contributed by atoms with van der Waals surface area (Å²) in [5, 5.41) is 6.69. The van der Waals surface area contributed by atoms with Crippen LogP contribution in [0.2, 0.25) is 0 Å². The Morgan fingerprint density at radius 1 is 1.15 bits per heavy atom. The maximum Gasteiger partial charge on any atom is 0.246 e. The van der Waals surface area contributed by atoms with E-state index < -0.39 is 10.0 Å². The number of rotatable bonds is 9. The molecule has 1 aliphatic rings. The summed E-state index contributed by atoms with van der Waals surface area (Å²) in [5.41, 5.74) is 1.18. The molecule has 0 spiro atoms. The number of nitrogens with one attached hydrogen (secondary N) is 1. The third-order valence-corrected chi connectivity index (χ3v) is 7.10. The number of aromatic nitrogens is 2. The van der Waals surface area contributed by atoms with Gasteiger partial charge in [0, 0.05) is 37.2 Å². The lowest BCUT2D eigenvalue weighted by molar-refractivity contribution is -0.116. The lowest BCUT2D eigenvalue weighted by Crippen LogP contribution is -2.40. The van der Waals surface area contributed by atoms with Crippen molar-refractivity contribution in [3.05, 3.63) is 54.4 Å². The summed E-state index contributed by atoms with van der Waals surface area (Å²) in [6.45, 7) is 3.29. The monoisotopic (exact) mass is 486 g/mol. The van der Waals surface area contributed by atoms with Gasteiger partial charge in [-0.15, -0.1) is 0 Å². The molecule has 1 N–H and O–H groups in total. The van der Waals surface area contributed by atoms with Crippen molar-refractivity contribution in [1.29, 1.82) is 0 Å². The molecule has 1 aromatic heterocycles. The molecule has 3 aromatic rings. The lowest BCUT2D eigenvalue weighted by Gasteiger charge is -2.27. The van der Waals surface area contributed by atoms with E-state index in [4.69, 9.17) is 14.0 Å². The zero-order chi connectivity index (χ0) is 24.0. The van der Waals surface area contributed by atoms with Crippen molar-refractivity contribution in [2.45, 2.75) is 24.7 Å². The van der Waals surface area contributed by atoms with Crippen LogP contribution in [0, 0.1) is 0 Å². The van der Waals surface area contributed by atoms with Gasteiger partial charge in [-0.3, -0.25) is 4.79 Å². The lowest BCUT2D eigenvalue weighted by atomic mass is 10.2. The molecule has 0 saturated carbocycles. The minimum atomic E-state index is -3.81. The van der Waals surface area contributed by atoms with Crippen LogP contribution in [0.4, 0.5) is 5.69 Å². The van der Waals surface area contributed by atoms with Crippen LogP contribution in [0.3, 0.4) is 0 Å². The van der Waals surface area contributed by atoms with Gasteiger partial charge >= 0.3 is 0 Å². The van der Waals surface area contributed by atoms with E-state index in [0.717, 1.165) is 5.56 Å².